The molecule has 2 nitrogen and oxygen atoms in total. The SMILES string of the molecule is O=C(O)CC1CC1C1CC1. The van der Waals surface area contributed by atoms with Gasteiger partial charge in [0.15, 0.2) is 0 Å². The van der Waals surface area contributed by atoms with E-state index in [4.69, 9.17) is 5.11 Å². The van der Waals surface area contributed by atoms with Crippen LogP contribution in [0.15, 0.2) is 0 Å². The minimum atomic E-state index is -0.617. The van der Waals surface area contributed by atoms with Crippen LogP contribution in [-0.2, 0) is 4.79 Å². The van der Waals surface area contributed by atoms with Gasteiger partial charge in [-0.15, -0.1) is 0 Å². The molecule has 2 fully saturated rings. The molecule has 0 bridgehead atoms. The van der Waals surface area contributed by atoms with Gasteiger partial charge in [-0.1, -0.05) is 0 Å². The van der Waals surface area contributed by atoms with Gasteiger partial charge < -0.3 is 5.11 Å². The first-order valence-electron chi connectivity index (χ1n) is 3.99. The third-order valence-electron chi connectivity index (χ3n) is 2.64. The Hall–Kier alpha value is -0.530. The van der Waals surface area contributed by atoms with E-state index in [9.17, 15) is 4.79 Å². The highest BCUT2D eigenvalue weighted by Crippen LogP contribution is 2.55. The number of carboxylic acids is 1. The monoisotopic (exact) mass is 140 g/mol. The minimum Gasteiger partial charge on any atom is -0.481 e. The molecule has 1 N–H and O–H groups in total. The van der Waals surface area contributed by atoms with Gasteiger partial charge in [0.25, 0.3) is 0 Å². The summed E-state index contributed by atoms with van der Waals surface area (Å²) in [6.45, 7) is 0. The molecule has 2 heteroatoms. The lowest BCUT2D eigenvalue weighted by Gasteiger charge is -1.90. The molecule has 2 unspecified atom stereocenters. The van der Waals surface area contributed by atoms with E-state index in [2.05, 4.69) is 0 Å². The number of hydrogen-bond acceptors (Lipinski definition) is 1. The summed E-state index contributed by atoms with van der Waals surface area (Å²) in [6.07, 6.45) is 4.33. The Morgan fingerprint density at radius 3 is 2.70 bits per heavy atom. The molecule has 2 aliphatic rings. The number of hydrogen-bond donors (Lipinski definition) is 1. The fraction of sp³-hybridized carbons (Fsp3) is 0.875. The van der Waals surface area contributed by atoms with Crippen LogP contribution >= 0.6 is 0 Å². The topological polar surface area (TPSA) is 37.3 Å². The Balaban J connectivity index is 1.73. The fourth-order valence-electron chi connectivity index (χ4n) is 1.83. The third kappa shape index (κ3) is 1.15. The average molecular weight is 140 g/mol. The maximum Gasteiger partial charge on any atom is 0.303 e. The van der Waals surface area contributed by atoms with E-state index in [1.54, 1.807) is 0 Å². The van der Waals surface area contributed by atoms with Crippen molar-refractivity contribution in [2.45, 2.75) is 25.7 Å². The highest BCUT2D eigenvalue weighted by Gasteiger charge is 2.47. The number of carboxylic acid groups (broad SMARTS) is 1. The van der Waals surface area contributed by atoms with Gasteiger partial charge in [-0.05, 0) is 37.0 Å². The van der Waals surface area contributed by atoms with E-state index in [1.165, 1.54) is 19.3 Å². The number of aliphatic carboxylic acids is 1. The van der Waals surface area contributed by atoms with Crippen molar-refractivity contribution >= 4 is 5.97 Å². The Morgan fingerprint density at radius 2 is 2.20 bits per heavy atom. The quantitative estimate of drug-likeness (QED) is 0.645. The molecular formula is C8H12O2. The second kappa shape index (κ2) is 1.97. The van der Waals surface area contributed by atoms with Crippen LogP contribution in [0.3, 0.4) is 0 Å². The highest BCUT2D eigenvalue weighted by atomic mass is 16.4. The zero-order valence-corrected chi connectivity index (χ0v) is 5.92. The van der Waals surface area contributed by atoms with Crippen LogP contribution in [0.2, 0.25) is 0 Å². The van der Waals surface area contributed by atoms with Gasteiger partial charge in [0, 0.05) is 6.42 Å². The van der Waals surface area contributed by atoms with E-state index < -0.39 is 5.97 Å². The summed E-state index contributed by atoms with van der Waals surface area (Å²) < 4.78 is 0. The first-order chi connectivity index (χ1) is 4.77. The molecule has 10 heavy (non-hydrogen) atoms. The second-order valence-electron chi connectivity index (χ2n) is 3.59. The maximum absolute atomic E-state index is 10.2. The second-order valence-corrected chi connectivity index (χ2v) is 3.59. The lowest BCUT2D eigenvalue weighted by Crippen LogP contribution is -1.97. The molecule has 2 atom stereocenters. The van der Waals surface area contributed by atoms with Crippen LogP contribution in [0.4, 0.5) is 0 Å². The summed E-state index contributed by atoms with van der Waals surface area (Å²) >= 11 is 0. The molecule has 0 aromatic carbocycles. The van der Waals surface area contributed by atoms with Crippen LogP contribution < -0.4 is 0 Å². The van der Waals surface area contributed by atoms with Crippen LogP contribution in [0.1, 0.15) is 25.7 Å². The summed E-state index contributed by atoms with van der Waals surface area (Å²) in [5, 5.41) is 8.44. The van der Waals surface area contributed by atoms with Crippen LogP contribution in [0.5, 0.6) is 0 Å². The predicted octanol–water partition coefficient (Wildman–Crippen LogP) is 1.51. The maximum atomic E-state index is 10.2. The summed E-state index contributed by atoms with van der Waals surface area (Å²) in [5.41, 5.74) is 0. The van der Waals surface area contributed by atoms with E-state index in [-0.39, 0.29) is 0 Å². The smallest absolute Gasteiger partial charge is 0.303 e. The van der Waals surface area contributed by atoms with Gasteiger partial charge >= 0.3 is 5.97 Å². The lowest BCUT2D eigenvalue weighted by atomic mass is 10.2. The molecule has 0 radical (unpaired) electrons. The largest absolute Gasteiger partial charge is 0.481 e. The molecule has 0 aliphatic heterocycles. The third-order valence-corrected chi connectivity index (χ3v) is 2.64. The van der Waals surface area contributed by atoms with E-state index in [1.807, 2.05) is 0 Å². The van der Waals surface area contributed by atoms with E-state index >= 15 is 0 Å². The summed E-state index contributed by atoms with van der Waals surface area (Å²) in [5.74, 6) is 1.65. The minimum absolute atomic E-state index is 0.418. The van der Waals surface area contributed by atoms with Crippen LogP contribution in [0.25, 0.3) is 0 Å². The molecule has 0 aromatic heterocycles. The van der Waals surface area contributed by atoms with Crippen LogP contribution in [-0.4, -0.2) is 11.1 Å². The Kier molecular flexibility index (Phi) is 1.22. The molecule has 0 amide bonds. The first kappa shape index (κ1) is 6.20. The van der Waals surface area contributed by atoms with Crippen molar-refractivity contribution in [3.63, 3.8) is 0 Å². The molecule has 2 saturated carbocycles. The van der Waals surface area contributed by atoms with Crippen molar-refractivity contribution in [1.29, 1.82) is 0 Å². The summed E-state index contributed by atoms with van der Waals surface area (Å²) in [7, 11) is 0. The molecular weight excluding hydrogens is 128 g/mol. The Bertz CT molecular complexity index is 161. The van der Waals surface area contributed by atoms with Gasteiger partial charge in [-0.2, -0.15) is 0 Å². The molecule has 0 spiro atoms. The number of carbonyl (C=O) groups is 1. The van der Waals surface area contributed by atoms with E-state index in [0.717, 1.165) is 11.8 Å². The fourth-order valence-corrected chi connectivity index (χ4v) is 1.83. The van der Waals surface area contributed by atoms with Crippen molar-refractivity contribution < 1.29 is 9.90 Å². The number of rotatable bonds is 3. The van der Waals surface area contributed by atoms with Gasteiger partial charge in [0.1, 0.15) is 0 Å². The average Bonchev–Trinajstić information content (AvgIpc) is 2.49. The molecule has 0 saturated heterocycles. The Morgan fingerprint density at radius 1 is 1.50 bits per heavy atom. The Labute approximate surface area is 60.2 Å². The standard InChI is InChI=1S/C8H12O2/c9-8(10)4-6-3-7(6)5-1-2-5/h5-7H,1-4H2,(H,9,10). The van der Waals surface area contributed by atoms with Gasteiger partial charge in [0.05, 0.1) is 0 Å². The zero-order valence-electron chi connectivity index (χ0n) is 5.92. The van der Waals surface area contributed by atoms with Crippen LogP contribution in [0, 0.1) is 17.8 Å². The summed E-state index contributed by atoms with van der Waals surface area (Å²) in [4.78, 5) is 10.2. The molecule has 2 rings (SSSR count). The highest BCUT2D eigenvalue weighted by molar-refractivity contribution is 5.67. The molecule has 2 aliphatic carbocycles. The molecule has 56 valence electrons. The predicted molar refractivity (Wildman–Crippen MR) is 36.6 cm³/mol. The molecule has 0 aromatic rings. The summed E-state index contributed by atoms with van der Waals surface area (Å²) in [6, 6.07) is 0. The van der Waals surface area contributed by atoms with Crippen molar-refractivity contribution in [2.24, 2.45) is 17.8 Å². The lowest BCUT2D eigenvalue weighted by molar-refractivity contribution is -0.137. The molecule has 0 heterocycles. The normalized spacial score (nSPS) is 37.6. The van der Waals surface area contributed by atoms with E-state index in [0.29, 0.717) is 12.3 Å². The zero-order chi connectivity index (χ0) is 7.14. The van der Waals surface area contributed by atoms with Crippen molar-refractivity contribution in [2.75, 3.05) is 0 Å². The van der Waals surface area contributed by atoms with Crippen molar-refractivity contribution in [3.8, 4) is 0 Å². The van der Waals surface area contributed by atoms with Gasteiger partial charge in [0.2, 0.25) is 0 Å². The van der Waals surface area contributed by atoms with Gasteiger partial charge in [-0.3, -0.25) is 4.79 Å². The van der Waals surface area contributed by atoms with Crippen molar-refractivity contribution in [3.05, 3.63) is 0 Å². The van der Waals surface area contributed by atoms with Crippen molar-refractivity contribution in [1.82, 2.24) is 0 Å². The first-order valence-corrected chi connectivity index (χ1v) is 3.99. The van der Waals surface area contributed by atoms with Gasteiger partial charge in [-0.25, -0.2) is 0 Å².